The molecule has 0 aromatic heterocycles. The van der Waals surface area contributed by atoms with Crippen molar-refractivity contribution in [3.63, 3.8) is 0 Å². The predicted octanol–water partition coefficient (Wildman–Crippen LogP) is 6.20. The molecule has 5 nitrogen and oxygen atoms in total. The summed E-state index contributed by atoms with van der Waals surface area (Å²) < 4.78 is 11.6. The van der Waals surface area contributed by atoms with Crippen LogP contribution in [0.4, 0.5) is 0 Å². The topological polar surface area (TPSA) is 65.0 Å². The summed E-state index contributed by atoms with van der Waals surface area (Å²) in [5.74, 6) is 1.57. The van der Waals surface area contributed by atoms with Crippen LogP contribution in [0.25, 0.3) is 0 Å². The average molecular weight is 390 g/mol. The number of esters is 1. The molecule has 0 amide bonds. The van der Waals surface area contributed by atoms with Gasteiger partial charge < -0.3 is 9.47 Å². The molecule has 2 aliphatic rings. The van der Waals surface area contributed by atoms with Gasteiger partial charge in [0.2, 0.25) is 0 Å². The Morgan fingerprint density at radius 1 is 1.18 bits per heavy atom. The Morgan fingerprint density at radius 2 is 1.86 bits per heavy atom. The molecule has 2 aliphatic carbocycles. The Labute approximate surface area is 169 Å². The van der Waals surface area contributed by atoms with Gasteiger partial charge in [0.05, 0.1) is 6.10 Å². The van der Waals surface area contributed by atoms with Gasteiger partial charge in [0.15, 0.2) is 0 Å². The number of ether oxygens (including phenoxy) is 2. The van der Waals surface area contributed by atoms with Crippen molar-refractivity contribution in [2.24, 2.45) is 17.0 Å². The molecular formula is C23H35NO4. The highest BCUT2D eigenvalue weighted by Gasteiger charge is 2.24. The number of carbonyl (C=O) groups is 1. The Bertz CT molecular complexity index is 646. The molecule has 1 fully saturated rings. The van der Waals surface area contributed by atoms with Crippen molar-refractivity contribution in [1.82, 2.24) is 0 Å². The van der Waals surface area contributed by atoms with Gasteiger partial charge in [0, 0.05) is 6.42 Å². The van der Waals surface area contributed by atoms with Crippen LogP contribution in [-0.2, 0) is 14.3 Å². The van der Waals surface area contributed by atoms with Crippen molar-refractivity contribution in [3.8, 4) is 0 Å². The average Bonchev–Trinajstić information content (AvgIpc) is 2.62. The lowest BCUT2D eigenvalue weighted by atomic mass is 9.84. The molecule has 0 heterocycles. The standard InChI is InChI=1S/C23H35NO4/c1-16-6-10-19(13-14-21(24-26)17(16)2)27-20-11-7-18(8-12-20)9-15-22(25)28-23(3,4)5/h10,13-14,16,18,20H,6-9,11-12,15H2,1-5H3/b14-13-,19-10-,21-17+. The first-order valence-electron chi connectivity index (χ1n) is 10.5. The number of carbonyl (C=O) groups excluding carboxylic acids is 1. The highest BCUT2D eigenvalue weighted by Crippen LogP contribution is 2.32. The van der Waals surface area contributed by atoms with E-state index in [0.29, 0.717) is 18.0 Å². The summed E-state index contributed by atoms with van der Waals surface area (Å²) in [6, 6.07) is 0. The molecule has 1 unspecified atom stereocenters. The molecule has 156 valence electrons. The summed E-state index contributed by atoms with van der Waals surface area (Å²) in [4.78, 5) is 22.9. The molecule has 5 heteroatoms. The van der Waals surface area contributed by atoms with E-state index in [-0.39, 0.29) is 18.0 Å². The summed E-state index contributed by atoms with van der Waals surface area (Å²) in [5, 5.41) is 3.15. The van der Waals surface area contributed by atoms with Crippen molar-refractivity contribution in [2.75, 3.05) is 0 Å². The normalized spacial score (nSPS) is 31.8. The molecule has 0 saturated heterocycles. The third-order valence-corrected chi connectivity index (χ3v) is 5.59. The summed E-state index contributed by atoms with van der Waals surface area (Å²) in [6.45, 7) is 9.77. The Morgan fingerprint density at radius 3 is 2.46 bits per heavy atom. The second-order valence-corrected chi connectivity index (χ2v) is 9.12. The molecule has 2 rings (SSSR count). The van der Waals surface area contributed by atoms with E-state index in [0.717, 1.165) is 49.9 Å². The maximum Gasteiger partial charge on any atom is 0.306 e. The fourth-order valence-corrected chi connectivity index (χ4v) is 3.72. The summed E-state index contributed by atoms with van der Waals surface area (Å²) >= 11 is 0. The van der Waals surface area contributed by atoms with E-state index in [4.69, 9.17) is 9.47 Å². The largest absolute Gasteiger partial charge is 0.491 e. The number of nitrogens with zero attached hydrogens (tertiary/aromatic N) is 1. The predicted molar refractivity (Wildman–Crippen MR) is 111 cm³/mol. The zero-order chi connectivity index (χ0) is 20.7. The Hall–Kier alpha value is -1.91. The van der Waals surface area contributed by atoms with Gasteiger partial charge in [-0.25, -0.2) is 0 Å². The molecule has 0 radical (unpaired) electrons. The quantitative estimate of drug-likeness (QED) is 0.400. The molecule has 0 N–H and O–H groups in total. The molecule has 0 aromatic rings. The molecule has 0 bridgehead atoms. The smallest absolute Gasteiger partial charge is 0.306 e. The van der Waals surface area contributed by atoms with Crippen LogP contribution < -0.4 is 0 Å². The minimum atomic E-state index is -0.411. The van der Waals surface area contributed by atoms with Gasteiger partial charge in [-0.1, -0.05) is 6.92 Å². The monoisotopic (exact) mass is 389 g/mol. The molecule has 0 aromatic carbocycles. The third kappa shape index (κ3) is 7.25. The van der Waals surface area contributed by atoms with Crippen LogP contribution in [0.15, 0.2) is 40.4 Å². The zero-order valence-electron chi connectivity index (χ0n) is 18.0. The maximum absolute atomic E-state index is 11.9. The number of nitroso groups, excluding NO2 is 1. The van der Waals surface area contributed by atoms with Gasteiger partial charge in [0.25, 0.3) is 0 Å². The second-order valence-electron chi connectivity index (χ2n) is 9.12. The second kappa shape index (κ2) is 10.0. The molecule has 0 aliphatic heterocycles. The van der Waals surface area contributed by atoms with Gasteiger partial charge in [-0.15, -0.1) is 4.91 Å². The van der Waals surface area contributed by atoms with E-state index in [9.17, 15) is 9.70 Å². The lowest BCUT2D eigenvalue weighted by Gasteiger charge is -2.29. The highest BCUT2D eigenvalue weighted by molar-refractivity contribution is 5.69. The van der Waals surface area contributed by atoms with E-state index in [1.165, 1.54) is 0 Å². The SMILES string of the molecule is C/C1=C(N=O)/C=C\C(OC2CCC(CCC(=O)OC(C)(C)C)CC2)=C\CC1C. The zero-order valence-corrected chi connectivity index (χ0v) is 18.0. The van der Waals surface area contributed by atoms with E-state index < -0.39 is 5.60 Å². The minimum Gasteiger partial charge on any atom is -0.491 e. The fourth-order valence-electron chi connectivity index (χ4n) is 3.72. The molecule has 0 spiro atoms. The number of rotatable bonds is 6. The summed E-state index contributed by atoms with van der Waals surface area (Å²) in [5.41, 5.74) is 1.12. The maximum atomic E-state index is 11.9. The van der Waals surface area contributed by atoms with Crippen LogP contribution in [0.5, 0.6) is 0 Å². The van der Waals surface area contributed by atoms with E-state index >= 15 is 0 Å². The number of allylic oxidation sites excluding steroid dienone is 4. The van der Waals surface area contributed by atoms with Gasteiger partial charge in [-0.05, 0) is 107 Å². The first kappa shape index (κ1) is 22.4. The highest BCUT2D eigenvalue weighted by atomic mass is 16.6. The van der Waals surface area contributed by atoms with Gasteiger partial charge in [-0.2, -0.15) is 0 Å². The third-order valence-electron chi connectivity index (χ3n) is 5.59. The minimum absolute atomic E-state index is 0.104. The molecule has 1 atom stereocenters. The van der Waals surface area contributed by atoms with Crippen molar-refractivity contribution in [2.45, 2.75) is 91.3 Å². The van der Waals surface area contributed by atoms with E-state index in [1.54, 1.807) is 6.08 Å². The fraction of sp³-hybridized carbons (Fsp3) is 0.696. The van der Waals surface area contributed by atoms with Gasteiger partial charge in [-0.3, -0.25) is 4.79 Å². The van der Waals surface area contributed by atoms with E-state index in [1.807, 2.05) is 33.8 Å². The summed E-state index contributed by atoms with van der Waals surface area (Å²) in [7, 11) is 0. The van der Waals surface area contributed by atoms with E-state index in [2.05, 4.69) is 18.2 Å². The van der Waals surface area contributed by atoms with Crippen LogP contribution in [0.1, 0.15) is 79.6 Å². The summed E-state index contributed by atoms with van der Waals surface area (Å²) in [6.07, 6.45) is 12.3. The van der Waals surface area contributed by atoms with Crippen LogP contribution in [0.2, 0.25) is 0 Å². The first-order valence-corrected chi connectivity index (χ1v) is 10.5. The first-order chi connectivity index (χ1) is 13.2. The van der Waals surface area contributed by atoms with Crippen LogP contribution in [-0.4, -0.2) is 17.7 Å². The lowest BCUT2D eigenvalue weighted by molar-refractivity contribution is -0.155. The van der Waals surface area contributed by atoms with Crippen molar-refractivity contribution < 1.29 is 14.3 Å². The molecule has 1 saturated carbocycles. The van der Waals surface area contributed by atoms with Crippen molar-refractivity contribution in [3.05, 3.63) is 40.2 Å². The van der Waals surface area contributed by atoms with Crippen molar-refractivity contribution >= 4 is 5.97 Å². The van der Waals surface area contributed by atoms with Crippen LogP contribution in [0.3, 0.4) is 0 Å². The Balaban J connectivity index is 1.79. The van der Waals surface area contributed by atoms with Gasteiger partial charge in [0.1, 0.15) is 17.1 Å². The lowest BCUT2D eigenvalue weighted by Crippen LogP contribution is -2.25. The number of hydrogen-bond donors (Lipinski definition) is 0. The molecular weight excluding hydrogens is 354 g/mol. The van der Waals surface area contributed by atoms with Crippen LogP contribution in [0, 0.1) is 16.7 Å². The van der Waals surface area contributed by atoms with Gasteiger partial charge >= 0.3 is 5.97 Å². The Kier molecular flexibility index (Phi) is 8.02. The number of hydrogen-bond acceptors (Lipinski definition) is 5. The van der Waals surface area contributed by atoms with Crippen molar-refractivity contribution in [1.29, 1.82) is 0 Å². The molecule has 28 heavy (non-hydrogen) atoms. The van der Waals surface area contributed by atoms with Crippen LogP contribution >= 0.6 is 0 Å².